The summed E-state index contributed by atoms with van der Waals surface area (Å²) in [5, 5.41) is 0. The molecule has 0 saturated carbocycles. The molecule has 1 aliphatic rings. The van der Waals surface area contributed by atoms with Crippen LogP contribution in [-0.2, 0) is 19.4 Å². The highest BCUT2D eigenvalue weighted by Crippen LogP contribution is 2.34. The zero-order valence-electron chi connectivity index (χ0n) is 12.3. The van der Waals surface area contributed by atoms with Crippen molar-refractivity contribution in [3.8, 4) is 0 Å². The summed E-state index contributed by atoms with van der Waals surface area (Å²) in [5.74, 6) is 0.676. The summed E-state index contributed by atoms with van der Waals surface area (Å²) in [4.78, 5) is 6.82. The molecule has 1 aliphatic heterocycles. The molecule has 0 aliphatic carbocycles. The molecule has 2 aromatic rings. The molecule has 110 valence electrons. The molecule has 0 amide bonds. The van der Waals surface area contributed by atoms with E-state index < -0.39 is 0 Å². The fourth-order valence-electron chi connectivity index (χ4n) is 2.86. The molecule has 0 saturated heterocycles. The van der Waals surface area contributed by atoms with Gasteiger partial charge in [-0.1, -0.05) is 19.4 Å². The molecule has 1 aromatic carbocycles. The van der Waals surface area contributed by atoms with Gasteiger partial charge in [-0.3, -0.25) is 0 Å². The second-order valence-electron chi connectivity index (χ2n) is 5.45. The summed E-state index contributed by atoms with van der Waals surface area (Å²) < 4.78 is 13.5. The topological polar surface area (TPSA) is 42.1 Å². The second-order valence-corrected chi connectivity index (χ2v) is 5.45. The van der Waals surface area contributed by atoms with Gasteiger partial charge in [0, 0.05) is 24.5 Å². The number of rotatable bonds is 4. The highest BCUT2D eigenvalue weighted by molar-refractivity contribution is 5.68. The van der Waals surface area contributed by atoms with Gasteiger partial charge in [0.05, 0.1) is 0 Å². The van der Waals surface area contributed by atoms with Gasteiger partial charge in [0.15, 0.2) is 0 Å². The third-order valence-electron chi connectivity index (χ3n) is 3.89. The third-order valence-corrected chi connectivity index (χ3v) is 3.89. The van der Waals surface area contributed by atoms with Crippen molar-refractivity contribution >= 4 is 11.5 Å². The number of anilines is 2. The van der Waals surface area contributed by atoms with Gasteiger partial charge in [-0.15, -0.1) is 0 Å². The van der Waals surface area contributed by atoms with Crippen molar-refractivity contribution in [1.82, 2.24) is 4.98 Å². The Labute approximate surface area is 124 Å². The summed E-state index contributed by atoms with van der Waals surface area (Å²) in [5.41, 5.74) is 10.0. The number of benzene rings is 1. The number of fused-ring (bicyclic) bond motifs is 1. The Hall–Kier alpha value is -1.94. The van der Waals surface area contributed by atoms with Gasteiger partial charge in [0.1, 0.15) is 11.6 Å². The lowest BCUT2D eigenvalue weighted by atomic mass is 10.1. The first kappa shape index (κ1) is 14.0. The molecule has 0 atom stereocenters. The van der Waals surface area contributed by atoms with Crippen molar-refractivity contribution < 1.29 is 4.39 Å². The summed E-state index contributed by atoms with van der Waals surface area (Å²) in [6.07, 6.45) is 2.91. The fourth-order valence-corrected chi connectivity index (χ4v) is 2.86. The van der Waals surface area contributed by atoms with Crippen LogP contribution >= 0.6 is 0 Å². The molecule has 2 heterocycles. The van der Waals surface area contributed by atoms with E-state index in [1.807, 2.05) is 12.1 Å². The van der Waals surface area contributed by atoms with E-state index in [0.717, 1.165) is 48.6 Å². The van der Waals surface area contributed by atoms with Crippen LogP contribution in [0.3, 0.4) is 0 Å². The van der Waals surface area contributed by atoms with Crippen molar-refractivity contribution in [3.63, 3.8) is 0 Å². The van der Waals surface area contributed by atoms with Crippen LogP contribution < -0.4 is 10.6 Å². The van der Waals surface area contributed by atoms with E-state index in [1.54, 1.807) is 6.07 Å². The Balaban J connectivity index is 2.02. The van der Waals surface area contributed by atoms with Gasteiger partial charge in [-0.25, -0.2) is 9.37 Å². The molecule has 2 N–H and O–H groups in total. The highest BCUT2D eigenvalue weighted by atomic mass is 19.1. The maximum Gasteiger partial charge on any atom is 0.133 e. The van der Waals surface area contributed by atoms with E-state index in [4.69, 9.17) is 10.7 Å². The van der Waals surface area contributed by atoms with Gasteiger partial charge < -0.3 is 10.6 Å². The van der Waals surface area contributed by atoms with Crippen molar-refractivity contribution in [2.24, 2.45) is 5.73 Å². The van der Waals surface area contributed by atoms with Crippen LogP contribution in [0, 0.1) is 5.82 Å². The minimum Gasteiger partial charge on any atom is -0.326 e. The Morgan fingerprint density at radius 3 is 2.90 bits per heavy atom. The molecule has 0 unspecified atom stereocenters. The molecule has 4 heteroatoms. The smallest absolute Gasteiger partial charge is 0.133 e. The van der Waals surface area contributed by atoms with Crippen LogP contribution in [0.25, 0.3) is 0 Å². The SMILES string of the molecule is CCCc1cc(CN)cc(N2CCc3ccc(F)cc32)n1. The lowest BCUT2D eigenvalue weighted by Gasteiger charge is -2.20. The quantitative estimate of drug-likeness (QED) is 0.937. The van der Waals surface area contributed by atoms with E-state index >= 15 is 0 Å². The van der Waals surface area contributed by atoms with Crippen LogP contribution in [0.5, 0.6) is 0 Å². The van der Waals surface area contributed by atoms with Crippen LogP contribution in [0.15, 0.2) is 30.3 Å². The number of hydrogen-bond donors (Lipinski definition) is 1. The van der Waals surface area contributed by atoms with E-state index in [0.29, 0.717) is 6.54 Å². The van der Waals surface area contributed by atoms with E-state index in [-0.39, 0.29) is 5.82 Å². The normalized spacial score (nSPS) is 13.6. The first-order chi connectivity index (χ1) is 10.2. The first-order valence-corrected chi connectivity index (χ1v) is 7.47. The first-order valence-electron chi connectivity index (χ1n) is 7.47. The van der Waals surface area contributed by atoms with Crippen molar-refractivity contribution in [2.45, 2.75) is 32.7 Å². The zero-order valence-corrected chi connectivity index (χ0v) is 12.3. The molecule has 21 heavy (non-hydrogen) atoms. The second kappa shape index (κ2) is 5.82. The Bertz CT molecular complexity index is 654. The van der Waals surface area contributed by atoms with Gasteiger partial charge in [-0.05, 0) is 48.2 Å². The van der Waals surface area contributed by atoms with Crippen LogP contribution in [0.1, 0.15) is 30.2 Å². The average molecular weight is 285 g/mol. The van der Waals surface area contributed by atoms with Gasteiger partial charge in [-0.2, -0.15) is 0 Å². The monoisotopic (exact) mass is 285 g/mol. The standard InChI is InChI=1S/C17H20FN3/c1-2-3-15-8-12(11-19)9-17(20-15)21-7-6-13-4-5-14(18)10-16(13)21/h4-5,8-10H,2-3,6-7,11,19H2,1H3. The summed E-state index contributed by atoms with van der Waals surface area (Å²) in [6, 6.07) is 9.06. The van der Waals surface area contributed by atoms with Gasteiger partial charge in [0.25, 0.3) is 0 Å². The number of aryl methyl sites for hydroxylation is 1. The van der Waals surface area contributed by atoms with E-state index in [9.17, 15) is 4.39 Å². The number of hydrogen-bond acceptors (Lipinski definition) is 3. The predicted molar refractivity (Wildman–Crippen MR) is 83.2 cm³/mol. The molecule has 1 aromatic heterocycles. The van der Waals surface area contributed by atoms with Crippen LogP contribution in [0.2, 0.25) is 0 Å². The Morgan fingerprint density at radius 2 is 2.14 bits per heavy atom. The summed E-state index contributed by atoms with van der Waals surface area (Å²) >= 11 is 0. The third kappa shape index (κ3) is 2.76. The minimum atomic E-state index is -0.204. The van der Waals surface area contributed by atoms with Crippen molar-refractivity contribution in [3.05, 3.63) is 53.0 Å². The molecular weight excluding hydrogens is 265 g/mol. The predicted octanol–water partition coefficient (Wildman–Crippen LogP) is 3.33. The Morgan fingerprint density at radius 1 is 1.29 bits per heavy atom. The van der Waals surface area contributed by atoms with Crippen LogP contribution in [-0.4, -0.2) is 11.5 Å². The maximum atomic E-state index is 13.5. The molecule has 3 nitrogen and oxygen atoms in total. The highest BCUT2D eigenvalue weighted by Gasteiger charge is 2.22. The molecule has 0 fully saturated rings. The number of aromatic nitrogens is 1. The van der Waals surface area contributed by atoms with Crippen LogP contribution in [0.4, 0.5) is 15.9 Å². The van der Waals surface area contributed by atoms with Gasteiger partial charge in [0.2, 0.25) is 0 Å². The number of nitrogens with two attached hydrogens (primary N) is 1. The van der Waals surface area contributed by atoms with E-state index in [1.165, 1.54) is 11.6 Å². The number of nitrogens with zero attached hydrogens (tertiary/aromatic N) is 2. The van der Waals surface area contributed by atoms with Gasteiger partial charge >= 0.3 is 0 Å². The zero-order chi connectivity index (χ0) is 14.8. The van der Waals surface area contributed by atoms with Crippen molar-refractivity contribution in [1.29, 1.82) is 0 Å². The summed E-state index contributed by atoms with van der Waals surface area (Å²) in [7, 11) is 0. The average Bonchev–Trinajstić information content (AvgIpc) is 2.90. The Kier molecular flexibility index (Phi) is 3.88. The fraction of sp³-hybridized carbons (Fsp3) is 0.353. The lowest BCUT2D eigenvalue weighted by Crippen LogP contribution is -2.16. The lowest BCUT2D eigenvalue weighted by molar-refractivity contribution is 0.628. The molecule has 0 bridgehead atoms. The maximum absolute atomic E-state index is 13.5. The van der Waals surface area contributed by atoms with Crippen molar-refractivity contribution in [2.75, 3.05) is 11.4 Å². The molecular formula is C17H20FN3. The molecule has 0 radical (unpaired) electrons. The molecule has 0 spiro atoms. The van der Waals surface area contributed by atoms with E-state index in [2.05, 4.69) is 17.9 Å². The largest absolute Gasteiger partial charge is 0.326 e. The summed E-state index contributed by atoms with van der Waals surface area (Å²) in [6.45, 7) is 3.47. The minimum absolute atomic E-state index is 0.204. The number of pyridine rings is 1. The molecule has 3 rings (SSSR count). The number of halogens is 1.